The van der Waals surface area contributed by atoms with E-state index in [2.05, 4.69) is 5.10 Å². The molecule has 0 aromatic carbocycles. The Kier molecular flexibility index (Phi) is 3.53. The molecule has 0 saturated heterocycles. The van der Waals surface area contributed by atoms with Gasteiger partial charge in [-0.3, -0.25) is 4.68 Å². The summed E-state index contributed by atoms with van der Waals surface area (Å²) in [5.41, 5.74) is -0.458. The molecule has 1 unspecified atom stereocenters. The van der Waals surface area contributed by atoms with E-state index < -0.39 is 5.60 Å². The third-order valence-electron chi connectivity index (χ3n) is 2.30. The fraction of sp³-hybridized carbons (Fsp3) is 0.667. The molecule has 0 spiro atoms. The number of aromatic nitrogens is 2. The van der Waals surface area contributed by atoms with E-state index in [0.717, 1.165) is 0 Å². The van der Waals surface area contributed by atoms with Crippen molar-refractivity contribution in [2.45, 2.75) is 18.9 Å². The van der Waals surface area contributed by atoms with Crippen LogP contribution in [-0.2, 0) is 17.4 Å². The summed E-state index contributed by atoms with van der Waals surface area (Å²) in [6, 6.07) is 0. The third kappa shape index (κ3) is 1.92. The maximum Gasteiger partial charge on any atom is 0.131 e. The Hall–Kier alpha value is -0.580. The molecule has 5 heteroatoms. The van der Waals surface area contributed by atoms with E-state index in [0.29, 0.717) is 17.1 Å². The van der Waals surface area contributed by atoms with Gasteiger partial charge in [-0.05, 0) is 6.42 Å². The molecule has 1 atom stereocenters. The van der Waals surface area contributed by atoms with Crippen molar-refractivity contribution in [3.05, 3.63) is 16.9 Å². The first-order valence-corrected chi connectivity index (χ1v) is 4.82. The van der Waals surface area contributed by atoms with Crippen LogP contribution in [0.2, 0.25) is 5.02 Å². The first-order chi connectivity index (χ1) is 6.55. The average Bonchev–Trinajstić information content (AvgIpc) is 2.47. The second kappa shape index (κ2) is 4.29. The average molecular weight is 219 g/mol. The topological polar surface area (TPSA) is 47.3 Å². The standard InChI is InChI=1S/C9H15ClN2O2/c1-4-9(13,6-14-3)8-7(10)5-11-12(8)2/h5,13H,4,6H2,1-3H3. The van der Waals surface area contributed by atoms with Crippen molar-refractivity contribution in [2.75, 3.05) is 13.7 Å². The van der Waals surface area contributed by atoms with E-state index in [9.17, 15) is 5.11 Å². The lowest BCUT2D eigenvalue weighted by molar-refractivity contribution is -0.0442. The minimum atomic E-state index is -1.06. The highest BCUT2D eigenvalue weighted by Gasteiger charge is 2.32. The number of hydrogen-bond acceptors (Lipinski definition) is 3. The maximum atomic E-state index is 10.3. The molecule has 0 aliphatic carbocycles. The third-order valence-corrected chi connectivity index (χ3v) is 2.58. The smallest absolute Gasteiger partial charge is 0.131 e. The van der Waals surface area contributed by atoms with Crippen LogP contribution in [0.15, 0.2) is 6.20 Å². The Bertz CT molecular complexity index is 294. The van der Waals surface area contributed by atoms with Crippen LogP contribution in [0.5, 0.6) is 0 Å². The van der Waals surface area contributed by atoms with Gasteiger partial charge in [0, 0.05) is 14.2 Å². The van der Waals surface area contributed by atoms with Crippen LogP contribution in [0.4, 0.5) is 0 Å². The van der Waals surface area contributed by atoms with Crippen LogP contribution >= 0.6 is 11.6 Å². The van der Waals surface area contributed by atoms with E-state index in [1.165, 1.54) is 6.20 Å². The zero-order chi connectivity index (χ0) is 10.8. The Morgan fingerprint density at radius 1 is 1.71 bits per heavy atom. The number of aliphatic hydroxyl groups is 1. The number of nitrogens with zero attached hydrogens (tertiary/aromatic N) is 2. The molecule has 1 heterocycles. The summed E-state index contributed by atoms with van der Waals surface area (Å²) in [4.78, 5) is 0. The van der Waals surface area contributed by atoms with Gasteiger partial charge in [0.05, 0.1) is 23.5 Å². The molecule has 1 aromatic heterocycles. The molecule has 80 valence electrons. The number of aryl methyl sites for hydroxylation is 1. The molecule has 0 aliphatic heterocycles. The summed E-state index contributed by atoms with van der Waals surface area (Å²) in [7, 11) is 3.29. The van der Waals surface area contributed by atoms with E-state index in [-0.39, 0.29) is 6.61 Å². The highest BCUT2D eigenvalue weighted by Crippen LogP contribution is 2.30. The van der Waals surface area contributed by atoms with Crippen molar-refractivity contribution in [1.82, 2.24) is 9.78 Å². The van der Waals surface area contributed by atoms with Gasteiger partial charge in [-0.1, -0.05) is 18.5 Å². The Balaban J connectivity index is 3.11. The normalized spacial score (nSPS) is 15.5. The molecule has 4 nitrogen and oxygen atoms in total. The van der Waals surface area contributed by atoms with Crippen LogP contribution < -0.4 is 0 Å². The quantitative estimate of drug-likeness (QED) is 0.829. The Morgan fingerprint density at radius 3 is 2.71 bits per heavy atom. The summed E-state index contributed by atoms with van der Waals surface area (Å²) >= 11 is 5.95. The maximum absolute atomic E-state index is 10.3. The van der Waals surface area contributed by atoms with Crippen molar-refractivity contribution in [1.29, 1.82) is 0 Å². The summed E-state index contributed by atoms with van der Waals surface area (Å²) in [5, 5.41) is 14.7. The minimum Gasteiger partial charge on any atom is -0.381 e. The minimum absolute atomic E-state index is 0.211. The predicted molar refractivity (Wildman–Crippen MR) is 54.3 cm³/mol. The van der Waals surface area contributed by atoms with Gasteiger partial charge < -0.3 is 9.84 Å². The Labute approximate surface area is 88.4 Å². The van der Waals surface area contributed by atoms with E-state index >= 15 is 0 Å². The van der Waals surface area contributed by atoms with Crippen molar-refractivity contribution in [3.63, 3.8) is 0 Å². The van der Waals surface area contributed by atoms with Crippen molar-refractivity contribution in [3.8, 4) is 0 Å². The van der Waals surface area contributed by atoms with Gasteiger partial charge in [0.1, 0.15) is 5.60 Å². The molecule has 1 N–H and O–H groups in total. The zero-order valence-corrected chi connectivity index (χ0v) is 9.38. The van der Waals surface area contributed by atoms with Crippen molar-refractivity contribution < 1.29 is 9.84 Å². The molecule has 14 heavy (non-hydrogen) atoms. The Morgan fingerprint density at radius 2 is 2.36 bits per heavy atom. The molecule has 0 aliphatic rings. The second-order valence-corrected chi connectivity index (χ2v) is 3.69. The highest BCUT2D eigenvalue weighted by atomic mass is 35.5. The van der Waals surface area contributed by atoms with Crippen LogP contribution in [0.1, 0.15) is 19.0 Å². The zero-order valence-electron chi connectivity index (χ0n) is 8.62. The summed E-state index contributed by atoms with van der Waals surface area (Å²) in [6.45, 7) is 2.09. The van der Waals surface area contributed by atoms with Gasteiger partial charge in [0.2, 0.25) is 0 Å². The lowest BCUT2D eigenvalue weighted by Gasteiger charge is -2.26. The first-order valence-electron chi connectivity index (χ1n) is 4.44. The van der Waals surface area contributed by atoms with Gasteiger partial charge in [0.25, 0.3) is 0 Å². The van der Waals surface area contributed by atoms with E-state index in [1.807, 2.05) is 6.92 Å². The molecule has 0 fully saturated rings. The van der Waals surface area contributed by atoms with Gasteiger partial charge in [-0.2, -0.15) is 5.10 Å². The van der Waals surface area contributed by atoms with Crippen LogP contribution in [0.3, 0.4) is 0 Å². The lowest BCUT2D eigenvalue weighted by Crippen LogP contribution is -2.33. The molecule has 1 rings (SSSR count). The largest absolute Gasteiger partial charge is 0.381 e. The van der Waals surface area contributed by atoms with E-state index in [4.69, 9.17) is 16.3 Å². The van der Waals surface area contributed by atoms with Crippen LogP contribution in [0.25, 0.3) is 0 Å². The lowest BCUT2D eigenvalue weighted by atomic mass is 9.97. The van der Waals surface area contributed by atoms with E-state index in [1.54, 1.807) is 18.8 Å². The fourth-order valence-electron chi connectivity index (χ4n) is 1.51. The molecular weight excluding hydrogens is 204 g/mol. The predicted octanol–water partition coefficient (Wildman–Crippen LogP) is 1.32. The molecular formula is C9H15ClN2O2. The summed E-state index contributed by atoms with van der Waals surface area (Å²) in [5.74, 6) is 0. The molecule has 1 aromatic rings. The van der Waals surface area contributed by atoms with Crippen LogP contribution in [0, 0.1) is 0 Å². The number of methoxy groups -OCH3 is 1. The molecule has 0 saturated carbocycles. The van der Waals surface area contributed by atoms with Gasteiger partial charge in [-0.25, -0.2) is 0 Å². The van der Waals surface area contributed by atoms with Gasteiger partial charge >= 0.3 is 0 Å². The van der Waals surface area contributed by atoms with Crippen molar-refractivity contribution in [2.24, 2.45) is 7.05 Å². The van der Waals surface area contributed by atoms with Gasteiger partial charge in [0.15, 0.2) is 0 Å². The SMILES string of the molecule is CCC(O)(COC)c1c(Cl)cnn1C. The number of ether oxygens (including phenoxy) is 1. The number of halogens is 1. The summed E-state index contributed by atoms with van der Waals surface area (Å²) in [6.07, 6.45) is 2.05. The molecule has 0 amide bonds. The number of hydrogen-bond donors (Lipinski definition) is 1. The monoisotopic (exact) mass is 218 g/mol. The second-order valence-electron chi connectivity index (χ2n) is 3.28. The first kappa shape index (κ1) is 11.5. The number of rotatable bonds is 4. The summed E-state index contributed by atoms with van der Waals surface area (Å²) < 4.78 is 6.56. The van der Waals surface area contributed by atoms with Crippen molar-refractivity contribution >= 4 is 11.6 Å². The highest BCUT2D eigenvalue weighted by molar-refractivity contribution is 6.31. The fourth-order valence-corrected chi connectivity index (χ4v) is 1.85. The molecule has 0 radical (unpaired) electrons. The van der Waals surface area contributed by atoms with Gasteiger partial charge in [-0.15, -0.1) is 0 Å². The molecule has 0 bridgehead atoms. The van der Waals surface area contributed by atoms with Crippen LogP contribution in [-0.4, -0.2) is 28.6 Å².